The number of benzene rings is 2. The molecular formula is C22H21N3O3. The molecule has 2 aromatic carbocycles. The minimum Gasteiger partial charge on any atom is -0.495 e. The molecule has 0 saturated carbocycles. The maximum atomic E-state index is 12.6. The van der Waals surface area contributed by atoms with E-state index in [9.17, 15) is 9.59 Å². The van der Waals surface area contributed by atoms with Gasteiger partial charge in [0.15, 0.2) is 0 Å². The molecule has 0 aliphatic heterocycles. The van der Waals surface area contributed by atoms with Crippen molar-refractivity contribution in [3.8, 4) is 5.75 Å². The van der Waals surface area contributed by atoms with Crippen LogP contribution in [-0.2, 0) is 6.54 Å². The fourth-order valence-electron chi connectivity index (χ4n) is 2.70. The van der Waals surface area contributed by atoms with E-state index in [1.807, 2.05) is 31.2 Å². The average Bonchev–Trinajstić information content (AvgIpc) is 2.73. The summed E-state index contributed by atoms with van der Waals surface area (Å²) >= 11 is 0. The second kappa shape index (κ2) is 8.81. The maximum Gasteiger partial charge on any atom is 0.255 e. The molecule has 6 heteroatoms. The zero-order valence-corrected chi connectivity index (χ0v) is 15.7. The Bertz CT molecular complexity index is 987. The Kier molecular flexibility index (Phi) is 6.01. The third-order valence-corrected chi connectivity index (χ3v) is 4.19. The minimum absolute atomic E-state index is 0.250. The highest BCUT2D eigenvalue weighted by molar-refractivity contribution is 6.06. The molecule has 28 heavy (non-hydrogen) atoms. The monoisotopic (exact) mass is 375 g/mol. The molecule has 0 spiro atoms. The number of amides is 2. The average molecular weight is 375 g/mol. The van der Waals surface area contributed by atoms with E-state index >= 15 is 0 Å². The Hall–Kier alpha value is -3.67. The van der Waals surface area contributed by atoms with E-state index in [0.29, 0.717) is 29.1 Å². The second-order valence-electron chi connectivity index (χ2n) is 6.28. The molecule has 0 atom stereocenters. The van der Waals surface area contributed by atoms with Gasteiger partial charge in [-0.05, 0) is 60.5 Å². The number of pyridine rings is 1. The van der Waals surface area contributed by atoms with Gasteiger partial charge in [0.2, 0.25) is 0 Å². The van der Waals surface area contributed by atoms with Crippen LogP contribution in [0.4, 0.5) is 5.69 Å². The van der Waals surface area contributed by atoms with Gasteiger partial charge in [-0.25, -0.2) is 0 Å². The zero-order valence-electron chi connectivity index (χ0n) is 15.7. The van der Waals surface area contributed by atoms with Gasteiger partial charge in [-0.2, -0.15) is 0 Å². The molecule has 1 aromatic heterocycles. The van der Waals surface area contributed by atoms with Gasteiger partial charge in [0.1, 0.15) is 5.75 Å². The van der Waals surface area contributed by atoms with E-state index < -0.39 is 0 Å². The van der Waals surface area contributed by atoms with Gasteiger partial charge < -0.3 is 15.4 Å². The highest BCUT2D eigenvalue weighted by Crippen LogP contribution is 2.25. The summed E-state index contributed by atoms with van der Waals surface area (Å²) in [6.45, 7) is 2.32. The summed E-state index contributed by atoms with van der Waals surface area (Å²) in [5.74, 6) is 0.0116. The highest BCUT2D eigenvalue weighted by Gasteiger charge is 2.13. The molecule has 3 rings (SSSR count). The Balaban J connectivity index is 1.71. The lowest BCUT2D eigenvalue weighted by Crippen LogP contribution is -2.23. The number of aromatic nitrogens is 1. The fraction of sp³-hybridized carbons (Fsp3) is 0.136. The largest absolute Gasteiger partial charge is 0.495 e. The predicted molar refractivity (Wildman–Crippen MR) is 108 cm³/mol. The molecule has 0 unspecified atom stereocenters. The van der Waals surface area contributed by atoms with Gasteiger partial charge in [0.05, 0.1) is 12.8 Å². The van der Waals surface area contributed by atoms with Crippen LogP contribution in [0.3, 0.4) is 0 Å². The van der Waals surface area contributed by atoms with Crippen molar-refractivity contribution in [1.82, 2.24) is 10.3 Å². The van der Waals surface area contributed by atoms with Gasteiger partial charge in [0, 0.05) is 30.1 Å². The van der Waals surface area contributed by atoms with Crippen LogP contribution in [0.1, 0.15) is 31.8 Å². The van der Waals surface area contributed by atoms with Crippen molar-refractivity contribution in [3.05, 3.63) is 89.2 Å². The van der Waals surface area contributed by atoms with Crippen LogP contribution in [0.2, 0.25) is 0 Å². The second-order valence-corrected chi connectivity index (χ2v) is 6.28. The Morgan fingerprint density at radius 3 is 2.39 bits per heavy atom. The van der Waals surface area contributed by atoms with Crippen LogP contribution in [0, 0.1) is 6.92 Å². The first-order valence-corrected chi connectivity index (χ1v) is 8.80. The lowest BCUT2D eigenvalue weighted by Gasteiger charge is -2.12. The number of carbonyl (C=O) groups is 2. The van der Waals surface area contributed by atoms with Crippen LogP contribution in [0.15, 0.2) is 67.0 Å². The molecule has 0 aliphatic rings. The molecule has 0 radical (unpaired) electrons. The van der Waals surface area contributed by atoms with E-state index in [-0.39, 0.29) is 11.8 Å². The third-order valence-electron chi connectivity index (χ3n) is 4.19. The van der Waals surface area contributed by atoms with Crippen molar-refractivity contribution in [2.45, 2.75) is 13.5 Å². The van der Waals surface area contributed by atoms with E-state index in [1.54, 1.807) is 49.8 Å². The standard InChI is InChI=1S/C22H21N3O3/c1-15-6-7-20(28-2)19(12-15)25-22(27)18-5-3-4-17(13-18)21(26)24-14-16-8-10-23-11-9-16/h3-13H,14H2,1-2H3,(H,24,26)(H,25,27). The zero-order chi connectivity index (χ0) is 19.9. The van der Waals surface area contributed by atoms with E-state index in [1.165, 1.54) is 0 Å². The summed E-state index contributed by atoms with van der Waals surface area (Å²) in [6, 6.07) is 15.8. The van der Waals surface area contributed by atoms with Crippen LogP contribution in [-0.4, -0.2) is 23.9 Å². The summed E-state index contributed by atoms with van der Waals surface area (Å²) < 4.78 is 5.29. The number of rotatable bonds is 6. The summed E-state index contributed by atoms with van der Waals surface area (Å²) in [5, 5.41) is 5.68. The normalized spacial score (nSPS) is 10.2. The first-order chi connectivity index (χ1) is 13.6. The first-order valence-electron chi connectivity index (χ1n) is 8.80. The van der Waals surface area contributed by atoms with Crippen LogP contribution >= 0.6 is 0 Å². The molecule has 3 aromatic rings. The van der Waals surface area contributed by atoms with E-state index in [0.717, 1.165) is 11.1 Å². The van der Waals surface area contributed by atoms with Crippen molar-refractivity contribution in [1.29, 1.82) is 0 Å². The lowest BCUT2D eigenvalue weighted by molar-refractivity contribution is 0.0951. The van der Waals surface area contributed by atoms with Crippen LogP contribution in [0.5, 0.6) is 5.75 Å². The molecule has 142 valence electrons. The van der Waals surface area contributed by atoms with Crippen LogP contribution < -0.4 is 15.4 Å². The fourth-order valence-corrected chi connectivity index (χ4v) is 2.70. The maximum absolute atomic E-state index is 12.6. The SMILES string of the molecule is COc1ccc(C)cc1NC(=O)c1cccc(C(=O)NCc2ccncc2)c1. The van der Waals surface area contributed by atoms with Gasteiger partial charge in [0.25, 0.3) is 11.8 Å². The van der Waals surface area contributed by atoms with E-state index in [4.69, 9.17) is 4.74 Å². The van der Waals surface area contributed by atoms with Gasteiger partial charge in [-0.3, -0.25) is 14.6 Å². The number of ether oxygens (including phenoxy) is 1. The molecule has 2 amide bonds. The quantitative estimate of drug-likeness (QED) is 0.690. The number of nitrogens with one attached hydrogen (secondary N) is 2. The van der Waals surface area contributed by atoms with Crippen LogP contribution in [0.25, 0.3) is 0 Å². The van der Waals surface area contributed by atoms with Crippen molar-refractivity contribution in [2.24, 2.45) is 0 Å². The number of carbonyl (C=O) groups excluding carboxylic acids is 2. The summed E-state index contributed by atoms with van der Waals surface area (Å²) in [4.78, 5) is 29.0. The number of aryl methyl sites for hydroxylation is 1. The molecule has 0 saturated heterocycles. The van der Waals surface area contributed by atoms with Gasteiger partial charge in [-0.15, -0.1) is 0 Å². The number of nitrogens with zero attached hydrogens (tertiary/aromatic N) is 1. The Labute approximate surface area is 163 Å². The van der Waals surface area contributed by atoms with Gasteiger partial charge >= 0.3 is 0 Å². The number of hydrogen-bond donors (Lipinski definition) is 2. The van der Waals surface area contributed by atoms with Gasteiger partial charge in [-0.1, -0.05) is 12.1 Å². The summed E-state index contributed by atoms with van der Waals surface area (Å²) in [5.41, 5.74) is 3.34. The molecule has 2 N–H and O–H groups in total. The molecule has 0 aliphatic carbocycles. The molecule has 0 bridgehead atoms. The minimum atomic E-state index is -0.312. The number of methoxy groups -OCH3 is 1. The first kappa shape index (κ1) is 19.1. The van der Waals surface area contributed by atoms with Crippen molar-refractivity contribution < 1.29 is 14.3 Å². The number of anilines is 1. The van der Waals surface area contributed by atoms with Crippen molar-refractivity contribution in [3.63, 3.8) is 0 Å². The summed E-state index contributed by atoms with van der Waals surface area (Å²) in [7, 11) is 1.55. The predicted octanol–water partition coefficient (Wildman–Crippen LogP) is 3.58. The smallest absolute Gasteiger partial charge is 0.255 e. The van der Waals surface area contributed by atoms with Crippen molar-refractivity contribution >= 4 is 17.5 Å². The topological polar surface area (TPSA) is 80.3 Å². The lowest BCUT2D eigenvalue weighted by atomic mass is 10.1. The highest BCUT2D eigenvalue weighted by atomic mass is 16.5. The molecule has 6 nitrogen and oxygen atoms in total. The third kappa shape index (κ3) is 4.73. The van der Waals surface area contributed by atoms with Crippen molar-refractivity contribution in [2.75, 3.05) is 12.4 Å². The van der Waals surface area contributed by atoms with E-state index in [2.05, 4.69) is 15.6 Å². The Morgan fingerprint density at radius 1 is 0.964 bits per heavy atom. The molecule has 1 heterocycles. The molecular weight excluding hydrogens is 354 g/mol. The number of hydrogen-bond acceptors (Lipinski definition) is 4. The molecule has 0 fully saturated rings. The summed E-state index contributed by atoms with van der Waals surface area (Å²) in [6.07, 6.45) is 3.35. The Morgan fingerprint density at radius 2 is 1.68 bits per heavy atom.